The largest absolute Gasteiger partial charge is 0.464 e. The number of nitrogens with one attached hydrogen (secondary N) is 1. The molecule has 0 radical (unpaired) electrons. The van der Waals surface area contributed by atoms with E-state index >= 15 is 0 Å². The van der Waals surface area contributed by atoms with Gasteiger partial charge in [0.05, 0.1) is 12.3 Å². The summed E-state index contributed by atoms with van der Waals surface area (Å²) in [6.45, 7) is 5.21. The quantitative estimate of drug-likeness (QED) is 0.849. The van der Waals surface area contributed by atoms with Crippen LogP contribution >= 0.6 is 11.6 Å². The number of esters is 1. The van der Waals surface area contributed by atoms with Crippen molar-refractivity contribution in [2.45, 2.75) is 26.8 Å². The molecule has 6 nitrogen and oxygen atoms in total. The Morgan fingerprint density at radius 3 is 2.48 bits per heavy atom. The fourth-order valence-electron chi connectivity index (χ4n) is 2.10. The molecule has 1 aromatic heterocycles. The number of amides is 1. The van der Waals surface area contributed by atoms with E-state index in [1.165, 1.54) is 0 Å². The number of nitrogens with zero attached hydrogens (tertiary/aromatic N) is 1. The van der Waals surface area contributed by atoms with E-state index < -0.39 is 17.9 Å². The van der Waals surface area contributed by atoms with E-state index in [0.717, 1.165) is 0 Å². The minimum Gasteiger partial charge on any atom is -0.464 e. The van der Waals surface area contributed by atoms with Crippen molar-refractivity contribution in [3.05, 3.63) is 52.2 Å². The van der Waals surface area contributed by atoms with E-state index in [1.54, 1.807) is 45.0 Å². The zero-order valence-electron chi connectivity index (χ0n) is 13.1. The van der Waals surface area contributed by atoms with Crippen molar-refractivity contribution in [3.63, 3.8) is 0 Å². The number of aromatic nitrogens is 1. The van der Waals surface area contributed by atoms with Gasteiger partial charge in [0, 0.05) is 11.9 Å². The van der Waals surface area contributed by atoms with Crippen molar-refractivity contribution >= 4 is 23.5 Å². The highest BCUT2D eigenvalue weighted by molar-refractivity contribution is 6.30. The summed E-state index contributed by atoms with van der Waals surface area (Å²) in [7, 11) is 0. The van der Waals surface area contributed by atoms with Crippen molar-refractivity contribution < 1.29 is 18.7 Å². The van der Waals surface area contributed by atoms with Crippen molar-refractivity contribution in [2.24, 2.45) is 0 Å². The average Bonchev–Trinajstić information content (AvgIpc) is 2.84. The standard InChI is InChI=1S/C16H17ClN2O4/c1-4-22-16(21)13(11-5-7-12(17)8-6-11)19-15(20)14-9(2)18-10(3)23-14/h5-8,13H,4H2,1-3H3,(H,19,20). The minimum absolute atomic E-state index is 0.0748. The molecule has 0 bridgehead atoms. The van der Waals surface area contributed by atoms with Crippen LogP contribution in [0.1, 0.15) is 40.7 Å². The summed E-state index contributed by atoms with van der Waals surface area (Å²) < 4.78 is 10.3. The van der Waals surface area contributed by atoms with Gasteiger partial charge in [-0.3, -0.25) is 4.79 Å². The highest BCUT2D eigenvalue weighted by Crippen LogP contribution is 2.19. The van der Waals surface area contributed by atoms with Gasteiger partial charge in [-0.05, 0) is 31.5 Å². The molecule has 0 aliphatic rings. The van der Waals surface area contributed by atoms with Crippen LogP contribution in [0.3, 0.4) is 0 Å². The van der Waals surface area contributed by atoms with Gasteiger partial charge >= 0.3 is 5.97 Å². The van der Waals surface area contributed by atoms with Crippen molar-refractivity contribution in [3.8, 4) is 0 Å². The fraction of sp³-hybridized carbons (Fsp3) is 0.312. The predicted octanol–water partition coefficient (Wildman–Crippen LogP) is 2.98. The lowest BCUT2D eigenvalue weighted by Crippen LogP contribution is -2.35. The maximum atomic E-state index is 12.4. The Balaban J connectivity index is 2.27. The summed E-state index contributed by atoms with van der Waals surface area (Å²) in [6, 6.07) is 5.63. The number of rotatable bonds is 5. The minimum atomic E-state index is -0.954. The van der Waals surface area contributed by atoms with Crippen LogP contribution in [0.4, 0.5) is 0 Å². The smallest absolute Gasteiger partial charge is 0.333 e. The second kappa shape index (κ2) is 7.28. The van der Waals surface area contributed by atoms with Gasteiger partial charge in [-0.15, -0.1) is 0 Å². The Morgan fingerprint density at radius 1 is 1.30 bits per heavy atom. The van der Waals surface area contributed by atoms with E-state index in [4.69, 9.17) is 20.8 Å². The van der Waals surface area contributed by atoms with Crippen molar-refractivity contribution in [2.75, 3.05) is 6.61 Å². The maximum absolute atomic E-state index is 12.4. The summed E-state index contributed by atoms with van der Waals surface area (Å²) in [5, 5.41) is 3.15. The SMILES string of the molecule is CCOC(=O)C(NC(=O)c1oc(C)nc1C)c1ccc(Cl)cc1. The van der Waals surface area contributed by atoms with Crippen LogP contribution in [0.15, 0.2) is 28.7 Å². The molecule has 0 saturated heterocycles. The van der Waals surface area contributed by atoms with E-state index in [1.807, 2.05) is 0 Å². The molecule has 1 amide bonds. The Hall–Kier alpha value is -2.34. The first-order valence-electron chi connectivity index (χ1n) is 7.09. The second-order valence-electron chi connectivity index (χ2n) is 4.86. The third kappa shape index (κ3) is 4.10. The molecule has 23 heavy (non-hydrogen) atoms. The molecule has 122 valence electrons. The number of benzene rings is 1. The molecule has 1 unspecified atom stereocenters. The summed E-state index contributed by atoms with van der Waals surface area (Å²) in [5.74, 6) is -0.634. The van der Waals surface area contributed by atoms with Crippen LogP contribution in [-0.4, -0.2) is 23.5 Å². The van der Waals surface area contributed by atoms with Crippen LogP contribution < -0.4 is 5.32 Å². The molecule has 0 aliphatic heterocycles. The van der Waals surface area contributed by atoms with Gasteiger partial charge in [0.25, 0.3) is 5.91 Å². The highest BCUT2D eigenvalue weighted by Gasteiger charge is 2.27. The number of hydrogen-bond donors (Lipinski definition) is 1. The number of aryl methyl sites for hydroxylation is 2. The number of ether oxygens (including phenoxy) is 1. The van der Waals surface area contributed by atoms with E-state index in [-0.39, 0.29) is 12.4 Å². The average molecular weight is 337 g/mol. The summed E-state index contributed by atoms with van der Waals surface area (Å²) in [5.41, 5.74) is 1.02. The van der Waals surface area contributed by atoms with Gasteiger partial charge < -0.3 is 14.5 Å². The number of carbonyl (C=O) groups excluding carboxylic acids is 2. The first-order valence-corrected chi connectivity index (χ1v) is 7.47. The molecule has 0 aliphatic carbocycles. The van der Waals surface area contributed by atoms with Crippen LogP contribution in [0.2, 0.25) is 5.02 Å². The van der Waals surface area contributed by atoms with Gasteiger partial charge in [0.1, 0.15) is 0 Å². The molecule has 1 heterocycles. The van der Waals surface area contributed by atoms with Crippen LogP contribution in [0.5, 0.6) is 0 Å². The monoisotopic (exact) mass is 336 g/mol. The normalized spacial score (nSPS) is 11.8. The molecular formula is C16H17ClN2O4. The molecule has 7 heteroatoms. The molecule has 0 spiro atoms. The molecule has 0 saturated carbocycles. The van der Waals surface area contributed by atoms with E-state index in [0.29, 0.717) is 22.2 Å². The molecule has 0 fully saturated rings. The molecule has 1 N–H and O–H groups in total. The lowest BCUT2D eigenvalue weighted by molar-refractivity contribution is -0.145. The van der Waals surface area contributed by atoms with Crippen molar-refractivity contribution in [1.82, 2.24) is 10.3 Å². The van der Waals surface area contributed by atoms with E-state index in [2.05, 4.69) is 10.3 Å². The third-order valence-electron chi connectivity index (χ3n) is 3.11. The lowest BCUT2D eigenvalue weighted by Gasteiger charge is -2.17. The fourth-order valence-corrected chi connectivity index (χ4v) is 2.22. The van der Waals surface area contributed by atoms with Crippen LogP contribution in [0.25, 0.3) is 0 Å². The van der Waals surface area contributed by atoms with Gasteiger partial charge in [-0.1, -0.05) is 23.7 Å². The molecule has 1 atom stereocenters. The maximum Gasteiger partial charge on any atom is 0.333 e. The first-order chi connectivity index (χ1) is 10.9. The molecule has 2 aromatic rings. The number of halogens is 1. The summed E-state index contributed by atoms with van der Waals surface area (Å²) in [6.07, 6.45) is 0. The number of hydrogen-bond acceptors (Lipinski definition) is 5. The topological polar surface area (TPSA) is 81.4 Å². The first kappa shape index (κ1) is 17.0. The lowest BCUT2D eigenvalue weighted by atomic mass is 10.1. The van der Waals surface area contributed by atoms with Crippen molar-refractivity contribution in [1.29, 1.82) is 0 Å². The molecular weight excluding hydrogens is 320 g/mol. The molecule has 2 rings (SSSR count). The summed E-state index contributed by atoms with van der Waals surface area (Å²) in [4.78, 5) is 28.6. The Kier molecular flexibility index (Phi) is 5.39. The van der Waals surface area contributed by atoms with Crippen LogP contribution in [-0.2, 0) is 9.53 Å². The summed E-state index contributed by atoms with van der Waals surface area (Å²) >= 11 is 5.86. The second-order valence-corrected chi connectivity index (χ2v) is 5.29. The highest BCUT2D eigenvalue weighted by atomic mass is 35.5. The molecule has 1 aromatic carbocycles. The Bertz CT molecular complexity index is 709. The van der Waals surface area contributed by atoms with Gasteiger partial charge in [0.15, 0.2) is 11.9 Å². The number of carbonyl (C=O) groups is 2. The van der Waals surface area contributed by atoms with Crippen LogP contribution in [0, 0.1) is 13.8 Å². The Morgan fingerprint density at radius 2 is 1.96 bits per heavy atom. The zero-order chi connectivity index (χ0) is 17.0. The van der Waals surface area contributed by atoms with E-state index in [9.17, 15) is 9.59 Å². The van der Waals surface area contributed by atoms with Gasteiger partial charge in [0.2, 0.25) is 5.76 Å². The van der Waals surface area contributed by atoms with Gasteiger partial charge in [-0.2, -0.15) is 0 Å². The predicted molar refractivity (Wildman–Crippen MR) is 84.3 cm³/mol. The zero-order valence-corrected chi connectivity index (χ0v) is 13.8. The third-order valence-corrected chi connectivity index (χ3v) is 3.36. The number of oxazole rings is 1. The van der Waals surface area contributed by atoms with Gasteiger partial charge in [-0.25, -0.2) is 9.78 Å². The Labute approximate surface area is 138 Å².